The van der Waals surface area contributed by atoms with Gasteiger partial charge in [-0.1, -0.05) is 12.2 Å². The number of nitrogens with one attached hydrogen (secondary N) is 1. The smallest absolute Gasteiger partial charge is 0.255 e. The molecule has 0 unspecified atom stereocenters. The number of carbonyl (C=O) groups excluding carboxylic acids is 1. The summed E-state index contributed by atoms with van der Waals surface area (Å²) in [4.78, 5) is 11.6. The van der Waals surface area contributed by atoms with Gasteiger partial charge < -0.3 is 5.32 Å². The number of rotatable bonds is 3. The van der Waals surface area contributed by atoms with Gasteiger partial charge in [-0.2, -0.15) is 5.10 Å². The highest BCUT2D eigenvalue weighted by molar-refractivity contribution is 5.95. The van der Waals surface area contributed by atoms with E-state index in [2.05, 4.69) is 17.0 Å². The minimum absolute atomic E-state index is 0.0985. The Morgan fingerprint density at radius 2 is 2.36 bits per heavy atom. The molecule has 0 atom stereocenters. The highest BCUT2D eigenvalue weighted by atomic mass is 16.1. The minimum atomic E-state index is -0.0985. The molecule has 0 aliphatic heterocycles. The lowest BCUT2D eigenvalue weighted by molar-refractivity contribution is 0.0956. The van der Waals surface area contributed by atoms with Crippen molar-refractivity contribution in [1.82, 2.24) is 15.1 Å². The summed E-state index contributed by atoms with van der Waals surface area (Å²) in [5, 5.41) is 6.85. The molecule has 14 heavy (non-hydrogen) atoms. The van der Waals surface area contributed by atoms with Crippen molar-refractivity contribution in [1.29, 1.82) is 0 Å². The zero-order valence-corrected chi connectivity index (χ0v) is 8.79. The summed E-state index contributed by atoms with van der Waals surface area (Å²) in [6.45, 7) is 7.91. The van der Waals surface area contributed by atoms with E-state index in [0.29, 0.717) is 12.1 Å². The van der Waals surface area contributed by atoms with Gasteiger partial charge in [0, 0.05) is 19.8 Å². The van der Waals surface area contributed by atoms with Gasteiger partial charge >= 0.3 is 0 Å². The summed E-state index contributed by atoms with van der Waals surface area (Å²) in [6.07, 6.45) is 1.71. The maximum atomic E-state index is 11.6. The van der Waals surface area contributed by atoms with Crippen molar-refractivity contribution < 1.29 is 4.79 Å². The average molecular weight is 193 g/mol. The molecule has 0 radical (unpaired) electrons. The van der Waals surface area contributed by atoms with E-state index in [0.717, 1.165) is 11.3 Å². The van der Waals surface area contributed by atoms with Gasteiger partial charge in [-0.05, 0) is 13.8 Å². The molecular formula is C10H15N3O. The van der Waals surface area contributed by atoms with Gasteiger partial charge in [0.2, 0.25) is 0 Å². The molecule has 0 bridgehead atoms. The summed E-state index contributed by atoms with van der Waals surface area (Å²) < 4.78 is 1.63. The quantitative estimate of drug-likeness (QED) is 0.729. The molecule has 0 aliphatic carbocycles. The predicted molar refractivity (Wildman–Crippen MR) is 55.1 cm³/mol. The van der Waals surface area contributed by atoms with Gasteiger partial charge in [0.25, 0.3) is 5.91 Å². The molecule has 0 aromatic carbocycles. The molecule has 4 nitrogen and oxygen atoms in total. The van der Waals surface area contributed by atoms with Crippen molar-refractivity contribution in [3.63, 3.8) is 0 Å². The number of carbonyl (C=O) groups is 1. The van der Waals surface area contributed by atoms with E-state index in [4.69, 9.17) is 0 Å². The molecular weight excluding hydrogens is 178 g/mol. The fraction of sp³-hybridized carbons (Fsp3) is 0.400. The van der Waals surface area contributed by atoms with Crippen LogP contribution in [0.2, 0.25) is 0 Å². The van der Waals surface area contributed by atoms with Crippen LogP contribution in [0.15, 0.2) is 18.3 Å². The zero-order valence-electron chi connectivity index (χ0n) is 8.79. The van der Waals surface area contributed by atoms with Crippen molar-refractivity contribution in [2.75, 3.05) is 6.54 Å². The van der Waals surface area contributed by atoms with Gasteiger partial charge in [0.15, 0.2) is 0 Å². The third-order valence-electron chi connectivity index (χ3n) is 1.81. The number of hydrogen-bond donors (Lipinski definition) is 1. The van der Waals surface area contributed by atoms with Crippen LogP contribution in [-0.4, -0.2) is 22.2 Å². The van der Waals surface area contributed by atoms with Gasteiger partial charge in [-0.3, -0.25) is 9.48 Å². The molecule has 0 spiro atoms. The highest BCUT2D eigenvalue weighted by Crippen LogP contribution is 2.03. The summed E-state index contributed by atoms with van der Waals surface area (Å²) in [6, 6.07) is 0. The van der Waals surface area contributed by atoms with E-state index in [9.17, 15) is 4.79 Å². The standard InChI is InChI=1S/C10H15N3O/c1-7(2)5-11-10(14)9-6-13(4)12-8(9)3/h6H,1,5H2,2-4H3,(H,11,14). The number of amides is 1. The first-order chi connectivity index (χ1) is 6.50. The summed E-state index contributed by atoms with van der Waals surface area (Å²) in [5.41, 5.74) is 2.29. The van der Waals surface area contributed by atoms with Crippen LogP contribution in [0.1, 0.15) is 23.0 Å². The Kier molecular flexibility index (Phi) is 3.06. The average Bonchev–Trinajstić information content (AvgIpc) is 2.41. The number of aromatic nitrogens is 2. The van der Waals surface area contributed by atoms with Crippen molar-refractivity contribution in [3.8, 4) is 0 Å². The van der Waals surface area contributed by atoms with Crippen molar-refractivity contribution in [3.05, 3.63) is 29.6 Å². The van der Waals surface area contributed by atoms with E-state index >= 15 is 0 Å². The molecule has 0 saturated carbocycles. The van der Waals surface area contributed by atoms with E-state index < -0.39 is 0 Å². The number of nitrogens with zero attached hydrogens (tertiary/aromatic N) is 2. The van der Waals surface area contributed by atoms with E-state index in [1.54, 1.807) is 17.9 Å². The summed E-state index contributed by atoms with van der Waals surface area (Å²) >= 11 is 0. The Hall–Kier alpha value is -1.58. The van der Waals surface area contributed by atoms with Crippen molar-refractivity contribution >= 4 is 5.91 Å². The topological polar surface area (TPSA) is 46.9 Å². The molecule has 0 aliphatic rings. The molecule has 1 amide bonds. The normalized spacial score (nSPS) is 9.93. The highest BCUT2D eigenvalue weighted by Gasteiger charge is 2.11. The summed E-state index contributed by atoms with van der Waals surface area (Å²) in [7, 11) is 1.79. The van der Waals surface area contributed by atoms with E-state index in [1.807, 2.05) is 13.8 Å². The Labute approximate surface area is 83.6 Å². The molecule has 0 fully saturated rings. The summed E-state index contributed by atoms with van der Waals surface area (Å²) in [5.74, 6) is -0.0985. The second-order valence-corrected chi connectivity index (χ2v) is 3.44. The lowest BCUT2D eigenvalue weighted by Crippen LogP contribution is -2.25. The monoisotopic (exact) mass is 193 g/mol. The predicted octanol–water partition coefficient (Wildman–Crippen LogP) is 1.03. The number of aryl methyl sites for hydroxylation is 2. The first kappa shape index (κ1) is 10.5. The van der Waals surface area contributed by atoms with E-state index in [-0.39, 0.29) is 5.91 Å². The van der Waals surface area contributed by atoms with Gasteiger partial charge in [-0.15, -0.1) is 0 Å². The van der Waals surface area contributed by atoms with Crippen LogP contribution in [0.25, 0.3) is 0 Å². The molecule has 4 heteroatoms. The van der Waals surface area contributed by atoms with Crippen LogP contribution in [0.5, 0.6) is 0 Å². The fourth-order valence-electron chi connectivity index (χ4n) is 1.15. The van der Waals surface area contributed by atoms with Crippen LogP contribution in [0, 0.1) is 6.92 Å². The molecule has 76 valence electrons. The molecule has 1 aromatic heterocycles. The van der Waals surface area contributed by atoms with Crippen LogP contribution in [0.3, 0.4) is 0 Å². The Bertz CT molecular complexity index is 365. The Morgan fingerprint density at radius 1 is 1.71 bits per heavy atom. The number of hydrogen-bond acceptors (Lipinski definition) is 2. The first-order valence-corrected chi connectivity index (χ1v) is 4.43. The molecule has 1 aromatic rings. The van der Waals surface area contributed by atoms with Crippen molar-refractivity contribution in [2.24, 2.45) is 7.05 Å². The lowest BCUT2D eigenvalue weighted by atomic mass is 10.2. The minimum Gasteiger partial charge on any atom is -0.348 e. The van der Waals surface area contributed by atoms with Crippen LogP contribution in [0.4, 0.5) is 0 Å². The van der Waals surface area contributed by atoms with E-state index in [1.165, 1.54) is 0 Å². The first-order valence-electron chi connectivity index (χ1n) is 4.43. The van der Waals surface area contributed by atoms with Gasteiger partial charge in [0.1, 0.15) is 0 Å². The third kappa shape index (κ3) is 2.45. The van der Waals surface area contributed by atoms with Crippen molar-refractivity contribution in [2.45, 2.75) is 13.8 Å². The lowest BCUT2D eigenvalue weighted by Gasteiger charge is -2.02. The largest absolute Gasteiger partial charge is 0.348 e. The van der Waals surface area contributed by atoms with Gasteiger partial charge in [-0.25, -0.2) is 0 Å². The SMILES string of the molecule is C=C(C)CNC(=O)c1cn(C)nc1C. The fourth-order valence-corrected chi connectivity index (χ4v) is 1.15. The molecule has 1 heterocycles. The second kappa shape index (κ2) is 4.09. The Balaban J connectivity index is 2.69. The molecule has 1 rings (SSSR count). The maximum absolute atomic E-state index is 11.6. The molecule has 0 saturated heterocycles. The third-order valence-corrected chi connectivity index (χ3v) is 1.81. The Morgan fingerprint density at radius 3 is 2.79 bits per heavy atom. The maximum Gasteiger partial charge on any atom is 0.255 e. The van der Waals surface area contributed by atoms with Crippen LogP contribution < -0.4 is 5.32 Å². The van der Waals surface area contributed by atoms with Crippen LogP contribution in [-0.2, 0) is 7.05 Å². The zero-order chi connectivity index (χ0) is 10.7. The second-order valence-electron chi connectivity index (χ2n) is 3.44. The molecule has 1 N–H and O–H groups in total. The van der Waals surface area contributed by atoms with Crippen LogP contribution >= 0.6 is 0 Å². The van der Waals surface area contributed by atoms with Gasteiger partial charge in [0.05, 0.1) is 11.3 Å².